The summed E-state index contributed by atoms with van der Waals surface area (Å²) in [6.45, 7) is 0. The van der Waals surface area contributed by atoms with E-state index in [1.807, 2.05) is 0 Å². The number of aliphatic carboxylic acids is 1. The molecular formula is C9H8F2O4S. The van der Waals surface area contributed by atoms with Gasteiger partial charge in [-0.1, -0.05) is 6.07 Å². The van der Waals surface area contributed by atoms with Gasteiger partial charge in [0.15, 0.2) is 21.5 Å². The van der Waals surface area contributed by atoms with Crippen molar-refractivity contribution in [2.24, 2.45) is 0 Å². The molecule has 0 amide bonds. The molecule has 0 saturated heterocycles. The molecule has 0 aliphatic rings. The summed E-state index contributed by atoms with van der Waals surface area (Å²) in [6.07, 6.45) is 0.0362. The highest BCUT2D eigenvalue weighted by Gasteiger charge is 2.20. The number of halogens is 2. The highest BCUT2D eigenvalue weighted by Crippen LogP contribution is 2.20. The third-order valence-electron chi connectivity index (χ3n) is 1.87. The Morgan fingerprint density at radius 3 is 2.31 bits per heavy atom. The van der Waals surface area contributed by atoms with E-state index in [9.17, 15) is 22.0 Å². The van der Waals surface area contributed by atoms with Crippen LogP contribution in [0.4, 0.5) is 8.78 Å². The van der Waals surface area contributed by atoms with Crippen LogP contribution in [-0.2, 0) is 21.1 Å². The first-order valence-electron chi connectivity index (χ1n) is 4.12. The topological polar surface area (TPSA) is 71.4 Å². The summed E-state index contributed by atoms with van der Waals surface area (Å²) in [5.74, 6) is -4.31. The Balaban J connectivity index is 3.35. The van der Waals surface area contributed by atoms with Gasteiger partial charge in [0.25, 0.3) is 0 Å². The maximum absolute atomic E-state index is 13.3. The number of hydrogen-bond donors (Lipinski definition) is 1. The number of benzene rings is 1. The van der Waals surface area contributed by atoms with E-state index < -0.39 is 44.3 Å². The molecule has 1 N–H and O–H groups in total. The largest absolute Gasteiger partial charge is 0.481 e. The van der Waals surface area contributed by atoms with Gasteiger partial charge in [-0.05, 0) is 6.07 Å². The van der Waals surface area contributed by atoms with Gasteiger partial charge in [-0.3, -0.25) is 4.79 Å². The Bertz CT molecular complexity index is 537. The molecule has 0 saturated carbocycles. The van der Waals surface area contributed by atoms with Crippen molar-refractivity contribution in [1.82, 2.24) is 0 Å². The third-order valence-corrected chi connectivity index (χ3v) is 2.98. The summed E-state index contributed by atoms with van der Waals surface area (Å²) in [5, 5.41) is 8.40. The van der Waals surface area contributed by atoms with Crippen molar-refractivity contribution >= 4 is 15.8 Å². The molecule has 0 unspecified atom stereocenters. The maximum atomic E-state index is 13.3. The molecule has 0 radical (unpaired) electrons. The highest BCUT2D eigenvalue weighted by molar-refractivity contribution is 7.90. The summed E-state index contributed by atoms with van der Waals surface area (Å²) in [7, 11) is -3.86. The predicted molar refractivity (Wildman–Crippen MR) is 50.8 cm³/mol. The molecule has 1 rings (SSSR count). The van der Waals surface area contributed by atoms with Crippen molar-refractivity contribution < 1.29 is 27.1 Å². The molecule has 0 aliphatic heterocycles. The number of rotatable bonds is 3. The van der Waals surface area contributed by atoms with Crippen LogP contribution in [0.25, 0.3) is 0 Å². The second-order valence-electron chi connectivity index (χ2n) is 3.19. The van der Waals surface area contributed by atoms with Gasteiger partial charge in [0.1, 0.15) is 4.90 Å². The van der Waals surface area contributed by atoms with Gasteiger partial charge in [-0.15, -0.1) is 0 Å². The lowest BCUT2D eigenvalue weighted by Gasteiger charge is -2.05. The average Bonchev–Trinajstić information content (AvgIpc) is 2.10. The Hall–Kier alpha value is -1.50. The molecular weight excluding hydrogens is 242 g/mol. The van der Waals surface area contributed by atoms with E-state index in [4.69, 9.17) is 5.11 Å². The van der Waals surface area contributed by atoms with E-state index in [1.54, 1.807) is 0 Å². The van der Waals surface area contributed by atoms with E-state index in [0.717, 1.165) is 18.4 Å². The van der Waals surface area contributed by atoms with Gasteiger partial charge in [0.05, 0.1) is 6.42 Å². The summed E-state index contributed by atoms with van der Waals surface area (Å²) >= 11 is 0. The first-order chi connectivity index (χ1) is 7.23. The molecule has 0 aliphatic carbocycles. The van der Waals surface area contributed by atoms with Gasteiger partial charge in [-0.2, -0.15) is 0 Å². The Labute approximate surface area is 90.4 Å². The molecule has 0 bridgehead atoms. The molecule has 0 aromatic heterocycles. The van der Waals surface area contributed by atoms with E-state index >= 15 is 0 Å². The predicted octanol–water partition coefficient (Wildman–Crippen LogP) is 0.995. The molecule has 88 valence electrons. The lowest BCUT2D eigenvalue weighted by molar-refractivity contribution is -0.136. The maximum Gasteiger partial charge on any atom is 0.307 e. The summed E-state index contributed by atoms with van der Waals surface area (Å²) in [4.78, 5) is 9.53. The Kier molecular flexibility index (Phi) is 3.27. The number of carbonyl (C=O) groups is 1. The molecule has 0 spiro atoms. The monoisotopic (exact) mass is 250 g/mol. The van der Waals surface area contributed by atoms with Gasteiger partial charge in [-0.25, -0.2) is 17.2 Å². The van der Waals surface area contributed by atoms with E-state index in [-0.39, 0.29) is 0 Å². The van der Waals surface area contributed by atoms with Crippen LogP contribution in [0.1, 0.15) is 5.56 Å². The standard InChI is InChI=1S/C9H8F2O4S/c1-16(14,15)6-3-2-5(4-7(12)13)8(10)9(6)11/h2-3H,4H2,1H3,(H,12,13). The number of hydrogen-bond acceptors (Lipinski definition) is 3. The quantitative estimate of drug-likeness (QED) is 0.868. The first kappa shape index (κ1) is 12.6. The van der Waals surface area contributed by atoms with Crippen molar-refractivity contribution in [2.75, 3.05) is 6.26 Å². The number of sulfone groups is 1. The van der Waals surface area contributed by atoms with Crippen molar-refractivity contribution in [3.05, 3.63) is 29.3 Å². The van der Waals surface area contributed by atoms with Crippen LogP contribution < -0.4 is 0 Å². The van der Waals surface area contributed by atoms with Crippen LogP contribution in [0, 0.1) is 11.6 Å². The fourth-order valence-corrected chi connectivity index (χ4v) is 1.89. The molecule has 0 atom stereocenters. The SMILES string of the molecule is CS(=O)(=O)c1ccc(CC(=O)O)c(F)c1F. The van der Waals surface area contributed by atoms with Gasteiger partial charge < -0.3 is 5.11 Å². The Morgan fingerprint density at radius 2 is 1.88 bits per heavy atom. The Morgan fingerprint density at radius 1 is 1.31 bits per heavy atom. The van der Waals surface area contributed by atoms with Crippen molar-refractivity contribution in [3.8, 4) is 0 Å². The number of carboxylic acids is 1. The first-order valence-corrected chi connectivity index (χ1v) is 6.01. The fraction of sp³-hybridized carbons (Fsp3) is 0.222. The lowest BCUT2D eigenvalue weighted by Crippen LogP contribution is -2.08. The van der Waals surface area contributed by atoms with Crippen molar-refractivity contribution in [3.63, 3.8) is 0 Å². The van der Waals surface area contributed by atoms with Gasteiger partial charge in [0, 0.05) is 11.8 Å². The van der Waals surface area contributed by atoms with Crippen LogP contribution in [0.3, 0.4) is 0 Å². The van der Waals surface area contributed by atoms with Gasteiger partial charge >= 0.3 is 5.97 Å². The smallest absolute Gasteiger partial charge is 0.307 e. The van der Waals surface area contributed by atoms with E-state index in [1.165, 1.54) is 0 Å². The van der Waals surface area contributed by atoms with Gasteiger partial charge in [0.2, 0.25) is 0 Å². The molecule has 16 heavy (non-hydrogen) atoms. The summed E-state index contributed by atoms with van der Waals surface area (Å²) in [6, 6.07) is 1.80. The molecule has 4 nitrogen and oxygen atoms in total. The zero-order valence-electron chi connectivity index (χ0n) is 8.20. The van der Waals surface area contributed by atoms with Crippen LogP contribution in [0.15, 0.2) is 17.0 Å². The van der Waals surface area contributed by atoms with Crippen molar-refractivity contribution in [1.29, 1.82) is 0 Å². The lowest BCUT2D eigenvalue weighted by atomic mass is 10.1. The molecule has 0 fully saturated rings. The van der Waals surface area contributed by atoms with Crippen molar-refractivity contribution in [2.45, 2.75) is 11.3 Å². The normalized spacial score (nSPS) is 11.4. The second kappa shape index (κ2) is 4.17. The summed E-state index contributed by atoms with van der Waals surface area (Å²) in [5.41, 5.74) is -0.391. The molecule has 0 heterocycles. The summed E-state index contributed by atoms with van der Waals surface area (Å²) < 4.78 is 48.5. The third kappa shape index (κ3) is 2.54. The second-order valence-corrected chi connectivity index (χ2v) is 5.18. The minimum Gasteiger partial charge on any atom is -0.481 e. The van der Waals surface area contributed by atoms with Crippen LogP contribution in [0.5, 0.6) is 0 Å². The highest BCUT2D eigenvalue weighted by atomic mass is 32.2. The fourth-order valence-electron chi connectivity index (χ4n) is 1.16. The van der Waals surface area contributed by atoms with Crippen LogP contribution in [0.2, 0.25) is 0 Å². The molecule has 1 aromatic carbocycles. The van der Waals surface area contributed by atoms with E-state index in [0.29, 0.717) is 0 Å². The van der Waals surface area contributed by atoms with E-state index in [2.05, 4.69) is 0 Å². The average molecular weight is 250 g/mol. The molecule has 1 aromatic rings. The zero-order valence-corrected chi connectivity index (χ0v) is 9.01. The minimum absolute atomic E-state index is 0.391. The molecule has 7 heteroatoms. The zero-order chi connectivity index (χ0) is 12.5. The minimum atomic E-state index is -3.86. The van der Waals surface area contributed by atoms with Crippen LogP contribution in [-0.4, -0.2) is 25.7 Å². The van der Waals surface area contributed by atoms with Crippen LogP contribution >= 0.6 is 0 Å². The number of carboxylic acid groups (broad SMARTS) is 1.